The van der Waals surface area contributed by atoms with E-state index in [4.69, 9.17) is 20.8 Å². The predicted octanol–water partition coefficient (Wildman–Crippen LogP) is 5.37. The molecule has 1 aromatic heterocycles. The zero-order valence-corrected chi connectivity index (χ0v) is 19.2. The van der Waals surface area contributed by atoms with Gasteiger partial charge in [-0.05, 0) is 86.1 Å². The van der Waals surface area contributed by atoms with Gasteiger partial charge < -0.3 is 9.15 Å². The Morgan fingerprint density at radius 2 is 1.73 bits per heavy atom. The zero-order valence-electron chi connectivity index (χ0n) is 18.4. The Kier molecular flexibility index (Phi) is 5.09. The number of hydrazone groups is 1. The van der Waals surface area contributed by atoms with Crippen LogP contribution in [0.25, 0.3) is 0 Å². The maximum absolute atomic E-state index is 13.2. The number of esters is 1. The van der Waals surface area contributed by atoms with Gasteiger partial charge in [-0.3, -0.25) is 9.59 Å². The summed E-state index contributed by atoms with van der Waals surface area (Å²) in [7, 11) is 0. The molecule has 4 fully saturated rings. The van der Waals surface area contributed by atoms with Gasteiger partial charge >= 0.3 is 5.97 Å². The highest BCUT2D eigenvalue weighted by atomic mass is 35.5. The lowest BCUT2D eigenvalue weighted by molar-refractivity contribution is -0.174. The molecule has 4 aliphatic carbocycles. The monoisotopic (exact) mass is 466 g/mol. The highest BCUT2D eigenvalue weighted by Crippen LogP contribution is 2.60. The largest absolute Gasteiger partial charge is 0.467 e. The first-order valence-electron chi connectivity index (χ1n) is 11.9. The summed E-state index contributed by atoms with van der Waals surface area (Å²) in [5.41, 5.74) is 1.30. The molecule has 0 radical (unpaired) electrons. The fourth-order valence-electron chi connectivity index (χ4n) is 6.97. The van der Waals surface area contributed by atoms with Gasteiger partial charge in [-0.15, -0.1) is 0 Å². The van der Waals surface area contributed by atoms with E-state index in [2.05, 4.69) is 5.10 Å². The SMILES string of the molecule is O=C(COC(=O)C12CC3CC(CC(C3)C1)C2)N1N=C(c2ccc(Cl)cc2)C[C@H]1c1ccco1. The van der Waals surface area contributed by atoms with Crippen LogP contribution in [0.15, 0.2) is 52.2 Å². The molecule has 1 aromatic carbocycles. The Balaban J connectivity index is 1.18. The van der Waals surface area contributed by atoms with Crippen molar-refractivity contribution in [2.45, 2.75) is 51.0 Å². The molecule has 5 aliphatic rings. The molecule has 33 heavy (non-hydrogen) atoms. The van der Waals surface area contributed by atoms with E-state index < -0.39 is 0 Å². The average Bonchev–Trinajstić information content (AvgIpc) is 3.47. The second-order valence-electron chi connectivity index (χ2n) is 10.3. The van der Waals surface area contributed by atoms with Gasteiger partial charge in [0.1, 0.15) is 11.8 Å². The third-order valence-electron chi connectivity index (χ3n) is 8.01. The number of hydrogen-bond acceptors (Lipinski definition) is 5. The Morgan fingerprint density at radius 3 is 2.33 bits per heavy atom. The number of benzene rings is 1. The first-order valence-corrected chi connectivity index (χ1v) is 12.2. The van der Waals surface area contributed by atoms with Crippen molar-refractivity contribution in [2.24, 2.45) is 28.3 Å². The fourth-order valence-corrected chi connectivity index (χ4v) is 7.09. The number of carbonyl (C=O) groups is 2. The van der Waals surface area contributed by atoms with Crippen LogP contribution in [0.2, 0.25) is 5.02 Å². The van der Waals surface area contributed by atoms with Gasteiger partial charge in [-0.25, -0.2) is 5.01 Å². The summed E-state index contributed by atoms with van der Waals surface area (Å²) in [5, 5.41) is 6.66. The normalized spacial score (nSPS) is 32.2. The minimum absolute atomic E-state index is 0.189. The van der Waals surface area contributed by atoms with E-state index >= 15 is 0 Å². The molecule has 7 rings (SSSR count). The summed E-state index contributed by atoms with van der Waals surface area (Å²) in [6.45, 7) is -0.296. The van der Waals surface area contributed by atoms with E-state index in [1.54, 1.807) is 24.5 Å². The summed E-state index contributed by atoms with van der Waals surface area (Å²) < 4.78 is 11.3. The molecule has 7 heteroatoms. The van der Waals surface area contributed by atoms with Crippen LogP contribution in [-0.4, -0.2) is 29.2 Å². The van der Waals surface area contributed by atoms with Crippen LogP contribution in [0, 0.1) is 23.2 Å². The average molecular weight is 467 g/mol. The van der Waals surface area contributed by atoms with E-state index in [0.29, 0.717) is 35.0 Å². The molecule has 2 aromatic rings. The topological polar surface area (TPSA) is 72.1 Å². The van der Waals surface area contributed by atoms with E-state index in [9.17, 15) is 9.59 Å². The minimum atomic E-state index is -0.377. The Hall–Kier alpha value is -2.60. The van der Waals surface area contributed by atoms with Gasteiger partial charge in [0.15, 0.2) is 6.61 Å². The third kappa shape index (κ3) is 3.78. The van der Waals surface area contributed by atoms with Crippen molar-refractivity contribution in [3.8, 4) is 0 Å². The molecule has 6 nitrogen and oxygen atoms in total. The van der Waals surface area contributed by atoms with Crippen LogP contribution in [-0.2, 0) is 14.3 Å². The van der Waals surface area contributed by atoms with Crippen LogP contribution in [0.1, 0.15) is 62.3 Å². The summed E-state index contributed by atoms with van der Waals surface area (Å²) in [4.78, 5) is 26.4. The van der Waals surface area contributed by atoms with Crippen LogP contribution in [0.3, 0.4) is 0 Å². The summed E-state index contributed by atoms with van der Waals surface area (Å²) in [5.74, 6) is 2.07. The maximum atomic E-state index is 13.2. The molecule has 1 amide bonds. The number of rotatable bonds is 5. The molecule has 1 aliphatic heterocycles. The van der Waals surface area contributed by atoms with Crippen LogP contribution in [0.5, 0.6) is 0 Å². The van der Waals surface area contributed by atoms with Gasteiger partial charge in [0, 0.05) is 11.4 Å². The van der Waals surface area contributed by atoms with Gasteiger partial charge in [0.2, 0.25) is 0 Å². The first-order chi connectivity index (χ1) is 16.0. The summed E-state index contributed by atoms with van der Waals surface area (Å²) in [6, 6.07) is 10.7. The van der Waals surface area contributed by atoms with Gasteiger partial charge in [-0.2, -0.15) is 5.10 Å². The van der Waals surface area contributed by atoms with Crippen LogP contribution >= 0.6 is 11.6 Å². The lowest BCUT2D eigenvalue weighted by atomic mass is 9.49. The number of furan rings is 1. The molecule has 0 spiro atoms. The molecule has 172 valence electrons. The number of ether oxygens (including phenoxy) is 1. The Labute approximate surface area is 197 Å². The van der Waals surface area contributed by atoms with E-state index in [0.717, 1.165) is 30.5 Å². The summed E-state index contributed by atoms with van der Waals surface area (Å²) >= 11 is 6.02. The second kappa shape index (κ2) is 8.01. The van der Waals surface area contributed by atoms with Gasteiger partial charge in [0.05, 0.1) is 17.4 Å². The highest BCUT2D eigenvalue weighted by molar-refractivity contribution is 6.30. The number of nitrogens with zero attached hydrogens (tertiary/aromatic N) is 2. The van der Waals surface area contributed by atoms with Crippen molar-refractivity contribution in [3.05, 3.63) is 59.0 Å². The molecule has 0 N–H and O–H groups in total. The van der Waals surface area contributed by atoms with Crippen molar-refractivity contribution in [2.75, 3.05) is 6.61 Å². The smallest absolute Gasteiger partial charge is 0.312 e. The first kappa shape index (κ1) is 21.0. The zero-order chi connectivity index (χ0) is 22.6. The second-order valence-corrected chi connectivity index (χ2v) is 10.7. The maximum Gasteiger partial charge on any atom is 0.312 e. The Morgan fingerprint density at radius 1 is 1.06 bits per heavy atom. The number of hydrogen-bond donors (Lipinski definition) is 0. The van der Waals surface area contributed by atoms with Crippen LogP contribution in [0.4, 0.5) is 0 Å². The number of amides is 1. The molecule has 1 atom stereocenters. The van der Waals surface area contributed by atoms with Crippen molar-refractivity contribution in [1.29, 1.82) is 0 Å². The van der Waals surface area contributed by atoms with E-state index in [1.807, 2.05) is 18.2 Å². The van der Waals surface area contributed by atoms with Gasteiger partial charge in [-0.1, -0.05) is 23.7 Å². The van der Waals surface area contributed by atoms with Crippen LogP contribution < -0.4 is 0 Å². The molecule has 0 saturated heterocycles. The summed E-state index contributed by atoms with van der Waals surface area (Å²) in [6.07, 6.45) is 8.64. The minimum Gasteiger partial charge on any atom is -0.467 e. The molecule has 4 bridgehead atoms. The van der Waals surface area contributed by atoms with Crippen molar-refractivity contribution < 1.29 is 18.7 Å². The van der Waals surface area contributed by atoms with E-state index in [-0.39, 0.29) is 29.9 Å². The lowest BCUT2D eigenvalue weighted by Crippen LogP contribution is -2.51. The quantitative estimate of drug-likeness (QED) is 0.555. The molecular formula is C26H27ClN2O4. The standard InChI is InChI=1S/C26H27ClN2O4/c27-20-5-3-19(4-6-20)21-11-22(23-2-1-7-32-23)29(28-21)24(30)15-33-25(31)26-12-16-8-17(13-26)10-18(9-16)14-26/h1-7,16-18,22H,8-15H2/t16?,17?,18?,22-,26?/m0/s1. The number of halogens is 1. The molecule has 2 heterocycles. The van der Waals surface area contributed by atoms with Crippen molar-refractivity contribution in [3.63, 3.8) is 0 Å². The van der Waals surface area contributed by atoms with Gasteiger partial charge in [0.25, 0.3) is 5.91 Å². The Bertz CT molecular complexity index is 1060. The molecule has 0 unspecified atom stereocenters. The highest BCUT2D eigenvalue weighted by Gasteiger charge is 2.55. The predicted molar refractivity (Wildman–Crippen MR) is 122 cm³/mol. The lowest BCUT2D eigenvalue weighted by Gasteiger charge is -2.55. The molecule has 4 saturated carbocycles. The van der Waals surface area contributed by atoms with E-state index in [1.165, 1.54) is 24.3 Å². The number of carbonyl (C=O) groups excluding carboxylic acids is 2. The third-order valence-corrected chi connectivity index (χ3v) is 8.26. The van der Waals surface area contributed by atoms with Crippen molar-refractivity contribution in [1.82, 2.24) is 5.01 Å². The van der Waals surface area contributed by atoms with Crippen molar-refractivity contribution >= 4 is 29.2 Å². The fraction of sp³-hybridized carbons (Fsp3) is 0.500. The molecular weight excluding hydrogens is 440 g/mol.